The third-order valence-corrected chi connectivity index (χ3v) is 3.11. The van der Waals surface area contributed by atoms with Crippen LogP contribution in [0.5, 0.6) is 5.75 Å². The van der Waals surface area contributed by atoms with Gasteiger partial charge in [0.25, 0.3) is 0 Å². The van der Waals surface area contributed by atoms with Crippen LogP contribution in [0.2, 0.25) is 0 Å². The molecule has 0 aliphatic heterocycles. The molecule has 0 saturated carbocycles. The van der Waals surface area contributed by atoms with Crippen molar-refractivity contribution in [2.75, 3.05) is 34.0 Å². The maximum absolute atomic E-state index is 11.7. The van der Waals surface area contributed by atoms with E-state index in [1.807, 2.05) is 18.2 Å². The summed E-state index contributed by atoms with van der Waals surface area (Å²) < 4.78 is 16.0. The van der Waals surface area contributed by atoms with Gasteiger partial charge in [0, 0.05) is 18.0 Å². The quantitative estimate of drug-likeness (QED) is 0.690. The van der Waals surface area contributed by atoms with Crippen LogP contribution in [0.1, 0.15) is 5.56 Å². The fourth-order valence-electron chi connectivity index (χ4n) is 1.41. The van der Waals surface area contributed by atoms with Crippen molar-refractivity contribution >= 4 is 21.7 Å². The molecule has 0 amide bonds. The molecular weight excluding hydrogens is 300 g/mol. The molecule has 5 heteroatoms. The van der Waals surface area contributed by atoms with Crippen molar-refractivity contribution in [2.24, 2.45) is 0 Å². The number of halogens is 1. The Bertz CT molecular complexity index is 393. The smallest absolute Gasteiger partial charge is 0.162 e. The SMILES string of the molecule is COCCOCC(=O)Cc1cc(OC)ccc1Br. The predicted molar refractivity (Wildman–Crippen MR) is 72.1 cm³/mol. The summed E-state index contributed by atoms with van der Waals surface area (Å²) in [6.07, 6.45) is 0.324. The maximum Gasteiger partial charge on any atom is 0.162 e. The summed E-state index contributed by atoms with van der Waals surface area (Å²) in [4.78, 5) is 11.7. The summed E-state index contributed by atoms with van der Waals surface area (Å²) in [5, 5.41) is 0. The van der Waals surface area contributed by atoms with E-state index in [9.17, 15) is 4.79 Å². The molecule has 0 spiro atoms. The molecule has 0 aliphatic carbocycles. The molecule has 0 N–H and O–H groups in total. The van der Waals surface area contributed by atoms with Crippen molar-refractivity contribution in [3.63, 3.8) is 0 Å². The predicted octanol–water partition coefficient (Wildman–Crippen LogP) is 2.23. The molecule has 1 aromatic rings. The van der Waals surface area contributed by atoms with Crippen LogP contribution in [0.3, 0.4) is 0 Å². The minimum Gasteiger partial charge on any atom is -0.497 e. The van der Waals surface area contributed by atoms with Crippen molar-refractivity contribution in [1.29, 1.82) is 0 Å². The van der Waals surface area contributed by atoms with Crippen LogP contribution in [-0.2, 0) is 20.7 Å². The molecule has 0 aromatic heterocycles. The Morgan fingerprint density at radius 1 is 1.28 bits per heavy atom. The molecule has 0 bridgehead atoms. The van der Waals surface area contributed by atoms with E-state index in [4.69, 9.17) is 14.2 Å². The van der Waals surface area contributed by atoms with Gasteiger partial charge in [-0.2, -0.15) is 0 Å². The van der Waals surface area contributed by atoms with Crippen LogP contribution in [0.25, 0.3) is 0 Å². The van der Waals surface area contributed by atoms with Crippen LogP contribution in [0.4, 0.5) is 0 Å². The summed E-state index contributed by atoms with van der Waals surface area (Å²) >= 11 is 3.41. The lowest BCUT2D eigenvalue weighted by atomic mass is 10.1. The Labute approximate surface area is 115 Å². The topological polar surface area (TPSA) is 44.8 Å². The average molecular weight is 317 g/mol. The van der Waals surface area contributed by atoms with E-state index in [0.717, 1.165) is 15.8 Å². The highest BCUT2D eigenvalue weighted by atomic mass is 79.9. The molecule has 1 rings (SSSR count). The van der Waals surface area contributed by atoms with Gasteiger partial charge in [0.2, 0.25) is 0 Å². The Kier molecular flexibility index (Phi) is 6.93. The van der Waals surface area contributed by atoms with Gasteiger partial charge in [0.05, 0.1) is 20.3 Å². The highest BCUT2D eigenvalue weighted by Gasteiger charge is 2.08. The molecule has 4 nitrogen and oxygen atoms in total. The molecule has 18 heavy (non-hydrogen) atoms. The van der Waals surface area contributed by atoms with Crippen LogP contribution < -0.4 is 4.74 Å². The first-order valence-corrected chi connectivity index (χ1v) is 6.37. The van der Waals surface area contributed by atoms with E-state index in [0.29, 0.717) is 19.6 Å². The molecule has 0 unspecified atom stereocenters. The van der Waals surface area contributed by atoms with Gasteiger partial charge in [-0.3, -0.25) is 4.79 Å². The summed E-state index contributed by atoms with van der Waals surface area (Å²) in [5.74, 6) is 0.765. The van der Waals surface area contributed by atoms with E-state index in [-0.39, 0.29) is 12.4 Å². The van der Waals surface area contributed by atoms with Crippen LogP contribution in [0.15, 0.2) is 22.7 Å². The largest absolute Gasteiger partial charge is 0.497 e. The zero-order valence-corrected chi connectivity index (χ0v) is 12.2. The second-order valence-electron chi connectivity index (χ2n) is 3.72. The molecule has 0 fully saturated rings. The van der Waals surface area contributed by atoms with Crippen LogP contribution >= 0.6 is 15.9 Å². The number of Topliss-reactive ketones (excluding diaryl/α,β-unsaturated/α-hetero) is 1. The first-order valence-electron chi connectivity index (χ1n) is 5.58. The zero-order chi connectivity index (χ0) is 13.4. The number of carbonyl (C=O) groups excluding carboxylic acids is 1. The van der Waals surface area contributed by atoms with E-state index in [1.165, 1.54) is 0 Å². The van der Waals surface area contributed by atoms with Crippen LogP contribution in [-0.4, -0.2) is 39.8 Å². The number of carbonyl (C=O) groups is 1. The minimum absolute atomic E-state index is 0.0278. The molecule has 1 aromatic carbocycles. The fraction of sp³-hybridized carbons (Fsp3) is 0.462. The third-order valence-electron chi connectivity index (χ3n) is 2.34. The second-order valence-corrected chi connectivity index (χ2v) is 4.57. The van der Waals surface area contributed by atoms with Crippen molar-refractivity contribution < 1.29 is 19.0 Å². The molecule has 0 saturated heterocycles. The lowest BCUT2D eigenvalue weighted by Gasteiger charge is -2.07. The van der Waals surface area contributed by atoms with Gasteiger partial charge in [-0.25, -0.2) is 0 Å². The normalized spacial score (nSPS) is 10.4. The Balaban J connectivity index is 2.48. The molecular formula is C13H17BrO4. The number of hydrogen-bond donors (Lipinski definition) is 0. The lowest BCUT2D eigenvalue weighted by Crippen LogP contribution is -2.14. The minimum atomic E-state index is 0.0278. The Morgan fingerprint density at radius 2 is 2.06 bits per heavy atom. The number of hydrogen-bond acceptors (Lipinski definition) is 4. The van der Waals surface area contributed by atoms with Crippen molar-refractivity contribution in [3.05, 3.63) is 28.2 Å². The van der Waals surface area contributed by atoms with Crippen LogP contribution in [0, 0.1) is 0 Å². The van der Waals surface area contributed by atoms with E-state index >= 15 is 0 Å². The van der Waals surface area contributed by atoms with Gasteiger partial charge in [-0.15, -0.1) is 0 Å². The zero-order valence-electron chi connectivity index (χ0n) is 10.6. The van der Waals surface area contributed by atoms with E-state index in [2.05, 4.69) is 15.9 Å². The van der Waals surface area contributed by atoms with Gasteiger partial charge in [0.1, 0.15) is 12.4 Å². The van der Waals surface area contributed by atoms with E-state index < -0.39 is 0 Å². The van der Waals surface area contributed by atoms with Gasteiger partial charge in [0.15, 0.2) is 5.78 Å². The lowest BCUT2D eigenvalue weighted by molar-refractivity contribution is -0.123. The first-order chi connectivity index (χ1) is 8.67. The number of methoxy groups -OCH3 is 2. The van der Waals surface area contributed by atoms with Crippen molar-refractivity contribution in [2.45, 2.75) is 6.42 Å². The van der Waals surface area contributed by atoms with Gasteiger partial charge in [-0.05, 0) is 23.8 Å². The number of rotatable bonds is 8. The Hall–Kier alpha value is -0.910. The highest BCUT2D eigenvalue weighted by Crippen LogP contribution is 2.23. The maximum atomic E-state index is 11.7. The summed E-state index contributed by atoms with van der Waals surface area (Å²) in [6, 6.07) is 5.55. The number of benzene rings is 1. The van der Waals surface area contributed by atoms with Crippen molar-refractivity contribution in [3.8, 4) is 5.75 Å². The van der Waals surface area contributed by atoms with Gasteiger partial charge < -0.3 is 14.2 Å². The average Bonchev–Trinajstić information content (AvgIpc) is 2.37. The summed E-state index contributed by atoms with van der Waals surface area (Å²) in [6.45, 7) is 1.03. The summed E-state index contributed by atoms with van der Waals surface area (Å²) in [7, 11) is 3.20. The van der Waals surface area contributed by atoms with Gasteiger partial charge >= 0.3 is 0 Å². The molecule has 0 heterocycles. The highest BCUT2D eigenvalue weighted by molar-refractivity contribution is 9.10. The third kappa shape index (κ3) is 5.16. The standard InChI is InChI=1S/C13H17BrO4/c1-16-5-6-18-9-11(15)7-10-8-12(17-2)3-4-13(10)14/h3-4,8H,5-7,9H2,1-2H3. The molecule has 0 radical (unpaired) electrons. The fourth-order valence-corrected chi connectivity index (χ4v) is 1.79. The first kappa shape index (κ1) is 15.1. The number of ether oxygens (including phenoxy) is 3. The monoisotopic (exact) mass is 316 g/mol. The van der Waals surface area contributed by atoms with Gasteiger partial charge in [-0.1, -0.05) is 15.9 Å². The summed E-state index contributed by atoms with van der Waals surface area (Å²) in [5.41, 5.74) is 0.898. The molecule has 0 atom stereocenters. The molecule has 0 aliphatic rings. The number of ketones is 1. The van der Waals surface area contributed by atoms with E-state index in [1.54, 1.807) is 14.2 Å². The van der Waals surface area contributed by atoms with Crippen molar-refractivity contribution in [1.82, 2.24) is 0 Å². The molecule has 100 valence electrons. The Morgan fingerprint density at radius 3 is 2.72 bits per heavy atom. The second kappa shape index (κ2) is 8.24.